The Morgan fingerprint density at radius 2 is 1.36 bits per heavy atom. The normalized spacial score (nSPS) is 14.9. The van der Waals surface area contributed by atoms with Gasteiger partial charge in [0.2, 0.25) is 8.32 Å². The van der Waals surface area contributed by atoms with Crippen LogP contribution in [0, 0.1) is 0 Å². The molecule has 14 heavy (non-hydrogen) atoms. The summed E-state index contributed by atoms with van der Waals surface area (Å²) < 4.78 is 5.96. The van der Waals surface area contributed by atoms with Crippen LogP contribution in [-0.2, 0) is 4.43 Å². The lowest BCUT2D eigenvalue weighted by atomic mass is 10.2. The fraction of sp³-hybridized carbons (Fsp3) is 0.818. The van der Waals surface area contributed by atoms with Crippen molar-refractivity contribution in [2.24, 2.45) is 0 Å². The molecule has 0 heterocycles. The summed E-state index contributed by atoms with van der Waals surface area (Å²) in [6.45, 7) is 18.3. The predicted molar refractivity (Wildman–Crippen MR) is 70.8 cm³/mol. The zero-order chi connectivity index (χ0) is 11.6. The molecule has 0 aliphatic carbocycles. The van der Waals surface area contributed by atoms with Crippen molar-refractivity contribution in [2.75, 3.05) is 0 Å². The first-order valence-electron chi connectivity index (χ1n) is 5.31. The van der Waals surface area contributed by atoms with Crippen LogP contribution in [0.25, 0.3) is 0 Å². The molecule has 0 atom stereocenters. The molecule has 0 fully saturated rings. The summed E-state index contributed by atoms with van der Waals surface area (Å²) in [7, 11) is -2.67. The summed E-state index contributed by atoms with van der Waals surface area (Å²) in [4.78, 5) is 0. The van der Waals surface area contributed by atoms with E-state index in [0.29, 0.717) is 5.04 Å². The van der Waals surface area contributed by atoms with Crippen molar-refractivity contribution in [2.45, 2.75) is 58.5 Å². The summed E-state index contributed by atoms with van der Waals surface area (Å²) >= 11 is 0. The van der Waals surface area contributed by atoms with Crippen molar-refractivity contribution in [1.82, 2.24) is 0 Å². The molecule has 0 aromatic heterocycles. The lowest BCUT2D eigenvalue weighted by Gasteiger charge is -2.35. The molecule has 0 rings (SSSR count). The van der Waals surface area contributed by atoms with Crippen LogP contribution in [0.15, 0.2) is 12.0 Å². The van der Waals surface area contributed by atoms with Crippen LogP contribution in [0.3, 0.4) is 0 Å². The van der Waals surface area contributed by atoms with Crippen molar-refractivity contribution >= 4 is 16.4 Å². The molecule has 0 saturated heterocycles. The highest BCUT2D eigenvalue weighted by Crippen LogP contribution is 2.36. The molecule has 0 bridgehead atoms. The molecule has 0 spiro atoms. The van der Waals surface area contributed by atoms with Gasteiger partial charge in [-0.2, -0.15) is 0 Å². The van der Waals surface area contributed by atoms with Gasteiger partial charge in [0.15, 0.2) is 0 Å². The Kier molecular flexibility index (Phi) is 4.22. The van der Waals surface area contributed by atoms with Gasteiger partial charge in [-0.25, -0.2) is 0 Å². The Labute approximate surface area is 91.7 Å². The minimum Gasteiger partial charge on any atom is -0.550 e. The standard InChI is InChI=1S/C11H26OSi2/c1-11(2,3)14(7,8)12-9-10-13(4,5)6/h9-10H,1-8H3/b10-9+. The molecule has 0 aliphatic heterocycles. The van der Waals surface area contributed by atoms with Crippen LogP contribution < -0.4 is 0 Å². The quantitative estimate of drug-likeness (QED) is 0.516. The van der Waals surface area contributed by atoms with Crippen molar-refractivity contribution < 1.29 is 4.43 Å². The molecule has 0 saturated carbocycles. The van der Waals surface area contributed by atoms with Crippen LogP contribution in [0.1, 0.15) is 20.8 Å². The Morgan fingerprint density at radius 1 is 0.929 bits per heavy atom. The topological polar surface area (TPSA) is 9.23 Å². The van der Waals surface area contributed by atoms with Gasteiger partial charge in [0.1, 0.15) is 0 Å². The molecule has 0 aromatic carbocycles. The first kappa shape index (κ1) is 14.0. The smallest absolute Gasteiger partial charge is 0.249 e. The van der Waals surface area contributed by atoms with Crippen LogP contribution >= 0.6 is 0 Å². The van der Waals surface area contributed by atoms with Gasteiger partial charge in [0.25, 0.3) is 0 Å². The summed E-state index contributed by atoms with van der Waals surface area (Å²) in [5.74, 6) is 0. The van der Waals surface area contributed by atoms with E-state index in [2.05, 4.69) is 59.2 Å². The summed E-state index contributed by atoms with van der Waals surface area (Å²) in [6, 6.07) is 0. The second-order valence-electron chi connectivity index (χ2n) is 6.55. The molecule has 0 unspecified atom stereocenters. The fourth-order valence-electron chi connectivity index (χ4n) is 0.585. The Balaban J connectivity index is 4.34. The van der Waals surface area contributed by atoms with Gasteiger partial charge < -0.3 is 4.43 Å². The van der Waals surface area contributed by atoms with E-state index < -0.39 is 16.4 Å². The number of hydrogen-bond donors (Lipinski definition) is 0. The largest absolute Gasteiger partial charge is 0.550 e. The maximum atomic E-state index is 5.96. The molecule has 3 heteroatoms. The first-order chi connectivity index (χ1) is 5.96. The lowest BCUT2D eigenvalue weighted by Crippen LogP contribution is -2.39. The van der Waals surface area contributed by atoms with E-state index in [0.717, 1.165) is 0 Å². The van der Waals surface area contributed by atoms with E-state index in [1.165, 1.54) is 0 Å². The second kappa shape index (κ2) is 4.23. The van der Waals surface area contributed by atoms with E-state index in [4.69, 9.17) is 4.43 Å². The minimum atomic E-state index is -1.57. The Morgan fingerprint density at radius 3 is 1.64 bits per heavy atom. The van der Waals surface area contributed by atoms with Gasteiger partial charge in [0, 0.05) is 0 Å². The highest BCUT2D eigenvalue weighted by molar-refractivity contribution is 6.81. The highest BCUT2D eigenvalue weighted by atomic mass is 28.4. The molecule has 0 N–H and O–H groups in total. The molecule has 0 amide bonds. The maximum Gasteiger partial charge on any atom is 0.249 e. The summed E-state index contributed by atoms with van der Waals surface area (Å²) in [5.41, 5.74) is 2.27. The molecule has 0 aromatic rings. The third-order valence-corrected chi connectivity index (χ3v) is 8.21. The molecular formula is C11H26OSi2. The average molecular weight is 230 g/mol. The molecule has 1 nitrogen and oxygen atoms in total. The van der Waals surface area contributed by atoms with Crippen molar-refractivity contribution in [3.8, 4) is 0 Å². The van der Waals surface area contributed by atoms with Crippen molar-refractivity contribution in [3.05, 3.63) is 12.0 Å². The van der Waals surface area contributed by atoms with Gasteiger partial charge in [-0.1, -0.05) is 46.1 Å². The van der Waals surface area contributed by atoms with Gasteiger partial charge >= 0.3 is 0 Å². The van der Waals surface area contributed by atoms with E-state index in [-0.39, 0.29) is 0 Å². The third kappa shape index (κ3) is 5.00. The zero-order valence-electron chi connectivity index (χ0n) is 11.1. The average Bonchev–Trinajstić information content (AvgIpc) is 1.80. The highest BCUT2D eigenvalue weighted by Gasteiger charge is 2.37. The molecule has 0 aliphatic rings. The van der Waals surface area contributed by atoms with Crippen LogP contribution in [0.2, 0.25) is 37.8 Å². The van der Waals surface area contributed by atoms with Gasteiger partial charge in [-0.05, 0) is 18.1 Å². The molecular weight excluding hydrogens is 204 g/mol. The fourth-order valence-corrected chi connectivity index (χ4v) is 1.96. The molecule has 0 radical (unpaired) electrons. The van der Waals surface area contributed by atoms with E-state index in [1.54, 1.807) is 0 Å². The maximum absolute atomic E-state index is 5.96. The monoisotopic (exact) mass is 230 g/mol. The van der Waals surface area contributed by atoms with Crippen LogP contribution in [0.5, 0.6) is 0 Å². The van der Waals surface area contributed by atoms with Gasteiger partial charge in [-0.3, -0.25) is 0 Å². The number of hydrogen-bond acceptors (Lipinski definition) is 1. The SMILES string of the molecule is CC(C)(C)[Si](C)(C)O/C=C/[Si](C)(C)C. The first-order valence-corrected chi connectivity index (χ1v) is 11.8. The summed E-state index contributed by atoms with van der Waals surface area (Å²) in [5, 5.41) is 0.302. The Bertz CT molecular complexity index is 206. The third-order valence-electron chi connectivity index (χ3n) is 2.74. The molecule has 84 valence electrons. The van der Waals surface area contributed by atoms with Gasteiger partial charge in [0.05, 0.1) is 14.3 Å². The second-order valence-corrected chi connectivity index (χ2v) is 16.4. The van der Waals surface area contributed by atoms with Crippen LogP contribution in [0.4, 0.5) is 0 Å². The predicted octanol–water partition coefficient (Wildman–Crippen LogP) is 4.40. The van der Waals surface area contributed by atoms with Crippen LogP contribution in [-0.4, -0.2) is 16.4 Å². The summed E-state index contributed by atoms with van der Waals surface area (Å²) in [6.07, 6.45) is 1.96. The van der Waals surface area contributed by atoms with E-state index in [1.807, 2.05) is 6.26 Å². The van der Waals surface area contributed by atoms with Crippen molar-refractivity contribution in [1.29, 1.82) is 0 Å². The number of rotatable bonds is 3. The zero-order valence-corrected chi connectivity index (χ0v) is 13.1. The van der Waals surface area contributed by atoms with E-state index >= 15 is 0 Å². The van der Waals surface area contributed by atoms with Crippen molar-refractivity contribution in [3.63, 3.8) is 0 Å². The van der Waals surface area contributed by atoms with E-state index in [9.17, 15) is 0 Å². The minimum absolute atomic E-state index is 0.302. The van der Waals surface area contributed by atoms with Gasteiger partial charge in [-0.15, -0.1) is 0 Å². The Hall–Kier alpha value is -0.0262. The lowest BCUT2D eigenvalue weighted by molar-refractivity contribution is 0.431.